The average molecular weight is 368 g/mol. The molecule has 4 atom stereocenters. The topological polar surface area (TPSA) is 86.7 Å². The smallest absolute Gasteiger partial charge is 0.307 e. The number of carbonyl (C=O) groups excluding carboxylic acids is 2. The molecule has 0 unspecified atom stereocenters. The molecular formula is C21H24N2O4. The summed E-state index contributed by atoms with van der Waals surface area (Å²) in [7, 11) is 0. The van der Waals surface area contributed by atoms with Crippen molar-refractivity contribution in [3.63, 3.8) is 0 Å². The molecule has 1 heterocycles. The van der Waals surface area contributed by atoms with Crippen LogP contribution >= 0.6 is 0 Å². The lowest BCUT2D eigenvalue weighted by atomic mass is 9.82. The molecule has 2 bridgehead atoms. The Kier molecular flexibility index (Phi) is 4.72. The first kappa shape index (κ1) is 17.8. The Labute approximate surface area is 158 Å². The molecular weight excluding hydrogens is 344 g/mol. The molecule has 1 saturated heterocycles. The Morgan fingerprint density at radius 1 is 1.00 bits per heavy atom. The summed E-state index contributed by atoms with van der Waals surface area (Å²) in [6.45, 7) is 1.54. The van der Waals surface area contributed by atoms with Gasteiger partial charge in [0.05, 0.1) is 11.8 Å². The molecule has 27 heavy (non-hydrogen) atoms. The molecule has 1 aliphatic heterocycles. The quantitative estimate of drug-likeness (QED) is 0.800. The SMILES string of the molecule is O=C(O)[C@@H]1[C@@H](C(=O)Nc2cccc(C(=O)N3CCCCC3)c2)[C@H]2C=C[C@H]1C2. The molecule has 6 heteroatoms. The van der Waals surface area contributed by atoms with E-state index < -0.39 is 17.8 Å². The van der Waals surface area contributed by atoms with Gasteiger partial charge < -0.3 is 15.3 Å². The molecule has 0 spiro atoms. The maximum Gasteiger partial charge on any atom is 0.307 e. The highest BCUT2D eigenvalue weighted by Crippen LogP contribution is 2.48. The second-order valence-electron chi connectivity index (χ2n) is 7.76. The molecule has 4 rings (SSSR count). The third kappa shape index (κ3) is 3.36. The highest BCUT2D eigenvalue weighted by Gasteiger charge is 2.51. The van der Waals surface area contributed by atoms with E-state index in [1.165, 1.54) is 0 Å². The number of likely N-dealkylation sites (tertiary alicyclic amines) is 1. The standard InChI is InChI=1S/C21H24N2O4/c24-19(17-13-7-8-14(11-13)18(17)21(26)27)22-16-6-4-5-15(12-16)20(25)23-9-2-1-3-10-23/h4-8,12-14,17-18H,1-3,9-11H2,(H,22,24)(H,26,27)/t13-,14-,17-,18-/m0/s1. The summed E-state index contributed by atoms with van der Waals surface area (Å²) in [5, 5.41) is 12.4. The Morgan fingerprint density at radius 3 is 2.41 bits per heavy atom. The van der Waals surface area contributed by atoms with Gasteiger partial charge in [0.15, 0.2) is 0 Å². The van der Waals surface area contributed by atoms with E-state index in [0.717, 1.165) is 38.8 Å². The number of piperidine rings is 1. The summed E-state index contributed by atoms with van der Waals surface area (Å²) >= 11 is 0. The fraction of sp³-hybridized carbons (Fsp3) is 0.476. The van der Waals surface area contributed by atoms with Crippen LogP contribution in [0.25, 0.3) is 0 Å². The maximum absolute atomic E-state index is 12.8. The van der Waals surface area contributed by atoms with Gasteiger partial charge in [-0.25, -0.2) is 0 Å². The van der Waals surface area contributed by atoms with Crippen LogP contribution in [0.3, 0.4) is 0 Å². The third-order valence-electron chi connectivity index (χ3n) is 6.07. The number of anilines is 1. The Morgan fingerprint density at radius 2 is 1.70 bits per heavy atom. The molecule has 0 radical (unpaired) electrons. The van der Waals surface area contributed by atoms with Gasteiger partial charge >= 0.3 is 5.97 Å². The Balaban J connectivity index is 1.48. The van der Waals surface area contributed by atoms with E-state index in [2.05, 4.69) is 5.32 Å². The molecule has 142 valence electrons. The van der Waals surface area contributed by atoms with Crippen molar-refractivity contribution in [2.24, 2.45) is 23.7 Å². The number of aliphatic carboxylic acids is 1. The zero-order valence-corrected chi connectivity index (χ0v) is 15.1. The molecule has 1 aromatic rings. The van der Waals surface area contributed by atoms with Gasteiger partial charge in [0, 0.05) is 24.3 Å². The highest BCUT2D eigenvalue weighted by atomic mass is 16.4. The second-order valence-corrected chi connectivity index (χ2v) is 7.76. The minimum Gasteiger partial charge on any atom is -0.481 e. The fourth-order valence-electron chi connectivity index (χ4n) is 4.75. The average Bonchev–Trinajstić information content (AvgIpc) is 3.30. The lowest BCUT2D eigenvalue weighted by molar-refractivity contribution is -0.146. The number of carboxylic acid groups (broad SMARTS) is 1. The lowest BCUT2D eigenvalue weighted by Gasteiger charge is -2.27. The maximum atomic E-state index is 12.8. The van der Waals surface area contributed by atoms with E-state index in [-0.39, 0.29) is 23.7 Å². The van der Waals surface area contributed by atoms with Crippen molar-refractivity contribution in [1.82, 2.24) is 4.90 Å². The molecule has 2 fully saturated rings. The molecule has 6 nitrogen and oxygen atoms in total. The summed E-state index contributed by atoms with van der Waals surface area (Å²) in [5.41, 5.74) is 1.09. The largest absolute Gasteiger partial charge is 0.481 e. The Hall–Kier alpha value is -2.63. The van der Waals surface area contributed by atoms with Crippen molar-refractivity contribution in [2.45, 2.75) is 25.7 Å². The first-order valence-electron chi connectivity index (χ1n) is 9.66. The summed E-state index contributed by atoms with van der Waals surface area (Å²) in [6.07, 6.45) is 7.81. The summed E-state index contributed by atoms with van der Waals surface area (Å²) in [5.74, 6) is -2.51. The zero-order chi connectivity index (χ0) is 19.0. The molecule has 0 aromatic heterocycles. The minimum absolute atomic E-state index is 0.0166. The number of rotatable bonds is 4. The van der Waals surface area contributed by atoms with E-state index in [1.807, 2.05) is 17.1 Å². The molecule has 2 amide bonds. The third-order valence-corrected chi connectivity index (χ3v) is 6.07. The van der Waals surface area contributed by atoms with E-state index in [9.17, 15) is 19.5 Å². The summed E-state index contributed by atoms with van der Waals surface area (Å²) in [6, 6.07) is 6.94. The zero-order valence-electron chi connectivity index (χ0n) is 15.1. The van der Waals surface area contributed by atoms with Crippen LogP contribution < -0.4 is 5.32 Å². The van der Waals surface area contributed by atoms with Gasteiger partial charge in [0.2, 0.25) is 5.91 Å². The number of carboxylic acids is 1. The molecule has 2 aliphatic carbocycles. The van der Waals surface area contributed by atoms with Crippen LogP contribution in [0.15, 0.2) is 36.4 Å². The van der Waals surface area contributed by atoms with Crippen molar-refractivity contribution in [1.29, 1.82) is 0 Å². The summed E-state index contributed by atoms with van der Waals surface area (Å²) in [4.78, 5) is 38.9. The van der Waals surface area contributed by atoms with E-state index >= 15 is 0 Å². The minimum atomic E-state index is -0.916. The van der Waals surface area contributed by atoms with Crippen molar-refractivity contribution in [2.75, 3.05) is 18.4 Å². The number of amides is 2. The molecule has 1 saturated carbocycles. The van der Waals surface area contributed by atoms with Crippen molar-refractivity contribution < 1.29 is 19.5 Å². The van der Waals surface area contributed by atoms with E-state index in [0.29, 0.717) is 11.3 Å². The second kappa shape index (κ2) is 7.18. The van der Waals surface area contributed by atoms with E-state index in [1.54, 1.807) is 24.3 Å². The molecule has 1 aromatic carbocycles. The normalized spacial score (nSPS) is 29.0. The Bertz CT molecular complexity index is 797. The van der Waals surface area contributed by atoms with Gasteiger partial charge in [-0.2, -0.15) is 0 Å². The van der Waals surface area contributed by atoms with Crippen LogP contribution in [0.4, 0.5) is 5.69 Å². The van der Waals surface area contributed by atoms with Crippen molar-refractivity contribution >= 4 is 23.5 Å². The number of hydrogen-bond donors (Lipinski definition) is 2. The van der Waals surface area contributed by atoms with Crippen LogP contribution in [0.5, 0.6) is 0 Å². The number of carbonyl (C=O) groups is 3. The number of hydrogen-bond acceptors (Lipinski definition) is 3. The van der Waals surface area contributed by atoms with Crippen LogP contribution in [-0.2, 0) is 9.59 Å². The van der Waals surface area contributed by atoms with E-state index in [4.69, 9.17) is 0 Å². The van der Waals surface area contributed by atoms with Gasteiger partial charge in [0.25, 0.3) is 5.91 Å². The number of benzene rings is 1. The van der Waals surface area contributed by atoms with Gasteiger partial charge in [-0.05, 0) is 55.7 Å². The van der Waals surface area contributed by atoms with Crippen LogP contribution in [0.1, 0.15) is 36.0 Å². The first-order valence-corrected chi connectivity index (χ1v) is 9.66. The lowest BCUT2D eigenvalue weighted by Crippen LogP contribution is -2.36. The van der Waals surface area contributed by atoms with Crippen LogP contribution in [-0.4, -0.2) is 40.9 Å². The predicted molar refractivity (Wildman–Crippen MR) is 100 cm³/mol. The fourth-order valence-corrected chi connectivity index (χ4v) is 4.75. The van der Waals surface area contributed by atoms with Gasteiger partial charge in [-0.15, -0.1) is 0 Å². The number of allylic oxidation sites excluding steroid dienone is 2. The van der Waals surface area contributed by atoms with Crippen molar-refractivity contribution in [3.05, 3.63) is 42.0 Å². The van der Waals surface area contributed by atoms with Gasteiger partial charge in [0.1, 0.15) is 0 Å². The van der Waals surface area contributed by atoms with Crippen LogP contribution in [0.2, 0.25) is 0 Å². The van der Waals surface area contributed by atoms with Gasteiger partial charge in [-0.1, -0.05) is 18.2 Å². The molecule has 2 N–H and O–H groups in total. The number of nitrogens with zero attached hydrogens (tertiary/aromatic N) is 1. The monoisotopic (exact) mass is 368 g/mol. The first-order chi connectivity index (χ1) is 13.0. The number of nitrogens with one attached hydrogen (secondary N) is 1. The van der Waals surface area contributed by atoms with Gasteiger partial charge in [-0.3, -0.25) is 14.4 Å². The highest BCUT2D eigenvalue weighted by molar-refractivity contribution is 5.99. The molecule has 3 aliphatic rings. The summed E-state index contributed by atoms with van der Waals surface area (Å²) < 4.78 is 0. The predicted octanol–water partition coefficient (Wildman–Crippen LogP) is 2.77. The van der Waals surface area contributed by atoms with Crippen molar-refractivity contribution in [3.8, 4) is 0 Å². The van der Waals surface area contributed by atoms with Crippen LogP contribution in [0, 0.1) is 23.7 Å². The number of fused-ring (bicyclic) bond motifs is 2.